The molecule has 9 nitrogen and oxygen atoms in total. The van der Waals surface area contributed by atoms with Gasteiger partial charge in [0, 0.05) is 26.2 Å². The standard InChI is InChI=1S/C40H48N2O7/c1-31(43)40(45,30-46-26-32-14-6-2-7-15-32)38(49-29-35-20-12-5-13-21-35)36(47-27-33-16-8-3-9-17-33)37(39(44)42-24-22-41-23-25-42)48-28-34-18-10-4-11-19-34/h2-21,31,36-38,41,43,45H,22-30H2,1H3/t31-,36-,37-,38+,40-/m1/s1. The molecule has 3 N–H and O–H groups in total. The predicted octanol–water partition coefficient (Wildman–Crippen LogP) is 4.50. The Kier molecular flexibility index (Phi) is 13.9. The van der Waals surface area contributed by atoms with Crippen LogP contribution in [0.4, 0.5) is 0 Å². The quantitative estimate of drug-likeness (QED) is 0.142. The van der Waals surface area contributed by atoms with Crippen LogP contribution in [-0.4, -0.2) is 83.8 Å². The van der Waals surface area contributed by atoms with Crippen molar-refractivity contribution in [2.45, 2.75) is 63.4 Å². The van der Waals surface area contributed by atoms with Gasteiger partial charge < -0.3 is 39.4 Å². The molecule has 260 valence electrons. The smallest absolute Gasteiger partial charge is 0.254 e. The molecule has 1 fully saturated rings. The fourth-order valence-electron chi connectivity index (χ4n) is 5.86. The van der Waals surface area contributed by atoms with E-state index >= 15 is 0 Å². The number of carbonyl (C=O) groups excluding carboxylic acids is 1. The fourth-order valence-corrected chi connectivity index (χ4v) is 5.86. The Morgan fingerprint density at radius 1 is 0.694 bits per heavy atom. The first-order valence-electron chi connectivity index (χ1n) is 16.9. The van der Waals surface area contributed by atoms with Gasteiger partial charge in [-0.05, 0) is 29.2 Å². The fraction of sp³-hybridized carbons (Fsp3) is 0.375. The molecule has 4 aromatic rings. The molecule has 0 radical (unpaired) electrons. The highest BCUT2D eigenvalue weighted by Gasteiger charge is 2.52. The molecular weight excluding hydrogens is 620 g/mol. The van der Waals surface area contributed by atoms with Crippen LogP contribution < -0.4 is 5.32 Å². The third-order valence-electron chi connectivity index (χ3n) is 8.76. The highest BCUT2D eigenvalue weighted by Crippen LogP contribution is 2.30. The molecular formula is C40H48N2O7. The molecule has 5 rings (SSSR count). The largest absolute Gasteiger partial charge is 0.390 e. The average Bonchev–Trinajstić information content (AvgIpc) is 3.15. The van der Waals surface area contributed by atoms with Gasteiger partial charge in [0.15, 0.2) is 6.10 Å². The molecule has 49 heavy (non-hydrogen) atoms. The summed E-state index contributed by atoms with van der Waals surface area (Å²) < 4.78 is 25.9. The number of rotatable bonds is 18. The first kappa shape index (κ1) is 36.4. The summed E-state index contributed by atoms with van der Waals surface area (Å²) in [6.45, 7) is 3.99. The van der Waals surface area contributed by atoms with Gasteiger partial charge in [0.1, 0.15) is 17.8 Å². The lowest BCUT2D eigenvalue weighted by molar-refractivity contribution is -0.246. The molecule has 0 unspecified atom stereocenters. The molecule has 1 amide bonds. The van der Waals surface area contributed by atoms with Gasteiger partial charge in [0.25, 0.3) is 5.91 Å². The zero-order valence-electron chi connectivity index (χ0n) is 28.1. The van der Waals surface area contributed by atoms with Crippen molar-refractivity contribution in [1.29, 1.82) is 0 Å². The maximum Gasteiger partial charge on any atom is 0.254 e. The zero-order chi connectivity index (χ0) is 34.3. The monoisotopic (exact) mass is 668 g/mol. The molecule has 0 aromatic heterocycles. The lowest BCUT2D eigenvalue weighted by Gasteiger charge is -2.44. The first-order chi connectivity index (χ1) is 23.9. The van der Waals surface area contributed by atoms with Crippen molar-refractivity contribution in [3.63, 3.8) is 0 Å². The number of carbonyl (C=O) groups is 1. The maximum atomic E-state index is 14.5. The second kappa shape index (κ2) is 18.7. The Bertz CT molecular complexity index is 1510. The summed E-state index contributed by atoms with van der Waals surface area (Å²) in [4.78, 5) is 16.3. The van der Waals surface area contributed by atoms with Crippen LogP contribution in [0.3, 0.4) is 0 Å². The SMILES string of the molecule is C[C@@H](O)[C@](O)(COCc1ccccc1)[C@@H](OCc1ccccc1)[C@H](OCc1ccccc1)[C@@H](OCc1ccccc1)C(=O)N1CCNCC1. The van der Waals surface area contributed by atoms with Crippen LogP contribution in [0.25, 0.3) is 0 Å². The van der Waals surface area contributed by atoms with Gasteiger partial charge in [-0.25, -0.2) is 0 Å². The number of ether oxygens (including phenoxy) is 4. The van der Waals surface area contributed by atoms with E-state index in [1.807, 2.05) is 121 Å². The summed E-state index contributed by atoms with van der Waals surface area (Å²) in [6, 6.07) is 38.4. The molecule has 1 heterocycles. The van der Waals surface area contributed by atoms with Crippen molar-refractivity contribution in [1.82, 2.24) is 10.2 Å². The van der Waals surface area contributed by atoms with E-state index in [1.165, 1.54) is 6.92 Å². The number of aliphatic hydroxyl groups excluding tert-OH is 1. The van der Waals surface area contributed by atoms with E-state index in [0.29, 0.717) is 26.2 Å². The predicted molar refractivity (Wildman–Crippen MR) is 187 cm³/mol. The first-order valence-corrected chi connectivity index (χ1v) is 16.9. The summed E-state index contributed by atoms with van der Waals surface area (Å²) >= 11 is 0. The van der Waals surface area contributed by atoms with Crippen LogP contribution in [-0.2, 0) is 50.2 Å². The molecule has 0 saturated carbocycles. The minimum Gasteiger partial charge on any atom is -0.390 e. The Hall–Kier alpha value is -3.93. The third kappa shape index (κ3) is 10.5. The van der Waals surface area contributed by atoms with E-state index in [0.717, 1.165) is 22.3 Å². The second-order valence-corrected chi connectivity index (χ2v) is 12.4. The van der Waals surface area contributed by atoms with Gasteiger partial charge in [-0.2, -0.15) is 0 Å². The highest BCUT2D eigenvalue weighted by atomic mass is 16.6. The van der Waals surface area contributed by atoms with Crippen LogP contribution in [0, 0.1) is 0 Å². The lowest BCUT2D eigenvalue weighted by Crippen LogP contribution is -2.65. The third-order valence-corrected chi connectivity index (χ3v) is 8.76. The number of nitrogens with one attached hydrogen (secondary N) is 1. The topological polar surface area (TPSA) is 110 Å². The average molecular weight is 669 g/mol. The molecule has 1 aliphatic rings. The Morgan fingerprint density at radius 2 is 1.12 bits per heavy atom. The molecule has 0 spiro atoms. The van der Waals surface area contributed by atoms with E-state index in [9.17, 15) is 15.0 Å². The molecule has 1 aliphatic heterocycles. The van der Waals surface area contributed by atoms with Crippen molar-refractivity contribution < 1.29 is 34.0 Å². The van der Waals surface area contributed by atoms with Crippen LogP contribution in [0.2, 0.25) is 0 Å². The highest BCUT2D eigenvalue weighted by molar-refractivity contribution is 5.82. The zero-order valence-corrected chi connectivity index (χ0v) is 28.1. The number of piperazine rings is 1. The number of benzene rings is 4. The molecule has 4 aromatic carbocycles. The number of aliphatic hydroxyl groups is 2. The molecule has 0 aliphatic carbocycles. The van der Waals surface area contributed by atoms with Crippen LogP contribution >= 0.6 is 0 Å². The molecule has 1 saturated heterocycles. The molecule has 0 bridgehead atoms. The van der Waals surface area contributed by atoms with Gasteiger partial charge >= 0.3 is 0 Å². The van der Waals surface area contributed by atoms with Crippen molar-refractivity contribution in [3.05, 3.63) is 144 Å². The van der Waals surface area contributed by atoms with E-state index in [2.05, 4.69) is 5.32 Å². The van der Waals surface area contributed by atoms with Crippen molar-refractivity contribution in [2.24, 2.45) is 0 Å². The van der Waals surface area contributed by atoms with E-state index in [4.69, 9.17) is 18.9 Å². The van der Waals surface area contributed by atoms with Gasteiger partial charge in [-0.3, -0.25) is 4.79 Å². The molecule has 9 heteroatoms. The summed E-state index contributed by atoms with van der Waals surface area (Å²) in [5.74, 6) is -0.276. The normalized spacial score (nSPS) is 17.1. The van der Waals surface area contributed by atoms with Gasteiger partial charge in [-0.15, -0.1) is 0 Å². The second-order valence-electron chi connectivity index (χ2n) is 12.4. The molecule has 5 atom stereocenters. The van der Waals surface area contributed by atoms with Gasteiger partial charge in [-0.1, -0.05) is 121 Å². The van der Waals surface area contributed by atoms with Crippen molar-refractivity contribution in [3.8, 4) is 0 Å². The van der Waals surface area contributed by atoms with E-state index < -0.39 is 30.0 Å². The van der Waals surface area contributed by atoms with Crippen LogP contribution in [0.5, 0.6) is 0 Å². The van der Waals surface area contributed by atoms with Crippen molar-refractivity contribution >= 4 is 5.91 Å². The van der Waals surface area contributed by atoms with Crippen molar-refractivity contribution in [2.75, 3.05) is 32.8 Å². The summed E-state index contributed by atoms with van der Waals surface area (Å²) in [5, 5.41) is 27.2. The van der Waals surface area contributed by atoms with E-state index in [-0.39, 0.29) is 38.9 Å². The lowest BCUT2D eigenvalue weighted by atomic mass is 9.85. The number of hydrogen-bond donors (Lipinski definition) is 3. The van der Waals surface area contributed by atoms with Crippen LogP contribution in [0.15, 0.2) is 121 Å². The Labute approximate surface area is 289 Å². The van der Waals surface area contributed by atoms with Crippen LogP contribution in [0.1, 0.15) is 29.2 Å². The number of hydrogen-bond acceptors (Lipinski definition) is 8. The van der Waals surface area contributed by atoms with Gasteiger partial charge in [0.05, 0.1) is 39.1 Å². The minimum absolute atomic E-state index is 0.0810. The summed E-state index contributed by atoms with van der Waals surface area (Å²) in [7, 11) is 0. The number of nitrogens with zero attached hydrogens (tertiary/aromatic N) is 1. The van der Waals surface area contributed by atoms with E-state index in [1.54, 1.807) is 4.90 Å². The van der Waals surface area contributed by atoms with Gasteiger partial charge in [0.2, 0.25) is 0 Å². The summed E-state index contributed by atoms with van der Waals surface area (Å²) in [5.41, 5.74) is 1.49. The minimum atomic E-state index is -2.01. The Balaban J connectivity index is 1.54. The summed E-state index contributed by atoms with van der Waals surface area (Å²) in [6.07, 6.45) is -4.95. The Morgan fingerprint density at radius 3 is 1.59 bits per heavy atom. The number of amides is 1. The maximum absolute atomic E-state index is 14.5.